The molecule has 1 heterocycles. The first-order valence-corrected chi connectivity index (χ1v) is 13.9. The topological polar surface area (TPSA) is 82.0 Å². The first-order chi connectivity index (χ1) is 18.5. The zero-order valence-corrected chi connectivity index (χ0v) is 22.7. The van der Waals surface area contributed by atoms with E-state index in [4.69, 9.17) is 0 Å². The fraction of sp³-hybridized carbons (Fsp3) is 0.129. The van der Waals surface area contributed by atoms with E-state index in [0.717, 1.165) is 27.1 Å². The van der Waals surface area contributed by atoms with Crippen molar-refractivity contribution >= 4 is 51.7 Å². The summed E-state index contributed by atoms with van der Waals surface area (Å²) in [6, 6.07) is 27.3. The first kappa shape index (κ1) is 26.9. The van der Waals surface area contributed by atoms with Gasteiger partial charge in [-0.05, 0) is 48.7 Å². The molecule has 4 aromatic rings. The highest BCUT2D eigenvalue weighted by Gasteiger charge is 2.22. The lowest BCUT2D eigenvalue weighted by atomic mass is 10.0. The van der Waals surface area contributed by atoms with Crippen LogP contribution in [0.4, 0.5) is 10.7 Å². The fourth-order valence-corrected chi connectivity index (χ4v) is 5.69. The van der Waals surface area contributed by atoms with Gasteiger partial charge in [0.25, 0.3) is 0 Å². The molecule has 2 amide bonds. The maximum absolute atomic E-state index is 13.2. The molecular formula is C31H27N3O2S2. The number of nitriles is 1. The van der Waals surface area contributed by atoms with Crippen LogP contribution < -0.4 is 10.6 Å². The number of nitrogens with zero attached hydrogens (tertiary/aromatic N) is 1. The summed E-state index contributed by atoms with van der Waals surface area (Å²) in [5.74, 6) is -0.390. The molecule has 3 aromatic carbocycles. The monoisotopic (exact) mass is 537 g/mol. The molecule has 38 heavy (non-hydrogen) atoms. The number of rotatable bonds is 9. The number of thiophene rings is 1. The van der Waals surface area contributed by atoms with Crippen molar-refractivity contribution in [1.29, 1.82) is 5.26 Å². The molecule has 190 valence electrons. The van der Waals surface area contributed by atoms with Gasteiger partial charge in [-0.25, -0.2) is 0 Å². The minimum absolute atomic E-state index is 0.161. The van der Waals surface area contributed by atoms with Gasteiger partial charge in [-0.3, -0.25) is 9.59 Å². The van der Waals surface area contributed by atoms with Crippen molar-refractivity contribution in [2.24, 2.45) is 0 Å². The number of aryl methyl sites for hydroxylation is 1. The van der Waals surface area contributed by atoms with Gasteiger partial charge in [0.15, 0.2) is 0 Å². The van der Waals surface area contributed by atoms with E-state index in [0.29, 0.717) is 22.7 Å². The number of benzene rings is 3. The van der Waals surface area contributed by atoms with E-state index in [1.165, 1.54) is 29.2 Å². The summed E-state index contributed by atoms with van der Waals surface area (Å²) in [4.78, 5) is 26.4. The Kier molecular flexibility index (Phi) is 9.15. The van der Waals surface area contributed by atoms with Crippen LogP contribution in [0.5, 0.6) is 0 Å². The molecule has 5 nitrogen and oxygen atoms in total. The zero-order valence-electron chi connectivity index (χ0n) is 21.1. The number of carbonyl (C=O) groups excluding carboxylic acids is 2. The van der Waals surface area contributed by atoms with Crippen LogP contribution in [0.1, 0.15) is 30.0 Å². The molecule has 0 saturated heterocycles. The Labute approximate surface area is 231 Å². The van der Waals surface area contributed by atoms with E-state index >= 15 is 0 Å². The average molecular weight is 538 g/mol. The average Bonchev–Trinajstić information content (AvgIpc) is 3.34. The molecule has 1 aromatic heterocycles. The normalized spacial score (nSPS) is 11.6. The summed E-state index contributed by atoms with van der Waals surface area (Å²) < 4.78 is 0. The third-order valence-corrected chi connectivity index (χ3v) is 8.03. The van der Waals surface area contributed by atoms with Crippen molar-refractivity contribution in [2.75, 3.05) is 10.6 Å². The van der Waals surface area contributed by atoms with Crippen LogP contribution in [0.3, 0.4) is 0 Å². The molecule has 7 heteroatoms. The lowest BCUT2D eigenvalue weighted by Crippen LogP contribution is -2.24. The number of hydrogen-bond donors (Lipinski definition) is 2. The second kappa shape index (κ2) is 12.9. The van der Waals surface area contributed by atoms with E-state index in [-0.39, 0.29) is 17.1 Å². The van der Waals surface area contributed by atoms with Crippen molar-refractivity contribution in [2.45, 2.75) is 30.4 Å². The van der Waals surface area contributed by atoms with E-state index in [1.807, 2.05) is 98.1 Å². The molecule has 1 unspecified atom stereocenters. The van der Waals surface area contributed by atoms with Gasteiger partial charge in [-0.1, -0.05) is 73.2 Å². The quantitative estimate of drug-likeness (QED) is 0.169. The molecule has 1 atom stereocenters. The van der Waals surface area contributed by atoms with Crippen LogP contribution in [0.25, 0.3) is 17.2 Å². The second-order valence-corrected chi connectivity index (χ2v) is 10.8. The van der Waals surface area contributed by atoms with Crippen LogP contribution in [-0.4, -0.2) is 17.1 Å². The third-order valence-electron chi connectivity index (χ3n) is 5.77. The highest BCUT2D eigenvalue weighted by Crippen LogP contribution is 2.36. The Bertz CT molecular complexity index is 1490. The lowest BCUT2D eigenvalue weighted by molar-refractivity contribution is -0.115. The van der Waals surface area contributed by atoms with Crippen molar-refractivity contribution in [3.05, 3.63) is 107 Å². The predicted octanol–water partition coefficient (Wildman–Crippen LogP) is 7.76. The summed E-state index contributed by atoms with van der Waals surface area (Å²) in [5.41, 5.74) is 4.98. The van der Waals surface area contributed by atoms with Gasteiger partial charge in [-0.2, -0.15) is 5.26 Å². The maximum Gasteiger partial charge on any atom is 0.248 e. The molecule has 0 radical (unpaired) electrons. The van der Waals surface area contributed by atoms with Crippen LogP contribution in [0.2, 0.25) is 0 Å². The van der Waals surface area contributed by atoms with Gasteiger partial charge in [0.1, 0.15) is 11.1 Å². The molecule has 0 aliphatic rings. The summed E-state index contributed by atoms with van der Waals surface area (Å²) in [7, 11) is 0. The van der Waals surface area contributed by atoms with Crippen LogP contribution in [0.15, 0.2) is 95.2 Å². The van der Waals surface area contributed by atoms with E-state index in [9.17, 15) is 14.9 Å². The SMILES string of the molecule is CCC(Sc1cccc(NC(=O)/C=C/c2ccccc2)c1)C(=O)Nc1scc(-c2ccc(C)cc2)c1C#N. The lowest BCUT2D eigenvalue weighted by Gasteiger charge is -2.15. The number of hydrogen-bond acceptors (Lipinski definition) is 5. The first-order valence-electron chi connectivity index (χ1n) is 12.2. The molecule has 0 aliphatic carbocycles. The Morgan fingerprint density at radius 3 is 2.50 bits per heavy atom. The Morgan fingerprint density at radius 2 is 1.79 bits per heavy atom. The molecule has 0 fully saturated rings. The van der Waals surface area contributed by atoms with Crippen LogP contribution >= 0.6 is 23.1 Å². The summed E-state index contributed by atoms with van der Waals surface area (Å²) >= 11 is 2.78. The molecular weight excluding hydrogens is 510 g/mol. The van der Waals surface area contributed by atoms with Gasteiger partial charge in [-0.15, -0.1) is 23.1 Å². The van der Waals surface area contributed by atoms with Gasteiger partial charge in [0, 0.05) is 27.6 Å². The highest BCUT2D eigenvalue weighted by atomic mass is 32.2. The molecule has 2 N–H and O–H groups in total. The third kappa shape index (κ3) is 7.00. The zero-order chi connectivity index (χ0) is 26.9. The fourth-order valence-electron chi connectivity index (χ4n) is 3.75. The van der Waals surface area contributed by atoms with Crippen LogP contribution in [-0.2, 0) is 9.59 Å². The number of nitrogens with one attached hydrogen (secondary N) is 2. The largest absolute Gasteiger partial charge is 0.322 e. The summed E-state index contributed by atoms with van der Waals surface area (Å²) in [6.07, 6.45) is 3.86. The second-order valence-electron chi connectivity index (χ2n) is 8.60. The molecule has 0 bridgehead atoms. The Balaban J connectivity index is 1.41. The minimum atomic E-state index is -0.365. The van der Waals surface area contributed by atoms with Gasteiger partial charge in [0.05, 0.1) is 10.8 Å². The van der Waals surface area contributed by atoms with Crippen molar-refractivity contribution in [3.63, 3.8) is 0 Å². The number of carbonyl (C=O) groups is 2. The van der Waals surface area contributed by atoms with Gasteiger partial charge < -0.3 is 10.6 Å². The standard InChI is InChI=1S/C31H27N3O2S2/c1-3-28(30(36)34-31-26(19-32)27(20-37-31)23-15-12-21(2)13-16-23)38-25-11-7-10-24(18-25)33-29(35)17-14-22-8-5-4-6-9-22/h4-18,20,28H,3H2,1-2H3,(H,33,35)(H,34,36)/b17-14+. The molecule has 0 saturated carbocycles. The molecule has 0 aliphatic heterocycles. The predicted molar refractivity (Wildman–Crippen MR) is 158 cm³/mol. The smallest absolute Gasteiger partial charge is 0.248 e. The van der Waals surface area contributed by atoms with E-state index in [2.05, 4.69) is 16.7 Å². The highest BCUT2D eigenvalue weighted by molar-refractivity contribution is 8.00. The maximum atomic E-state index is 13.2. The number of thioether (sulfide) groups is 1. The van der Waals surface area contributed by atoms with E-state index in [1.54, 1.807) is 6.08 Å². The Hall–Kier alpha value is -4.12. The number of anilines is 2. The molecule has 4 rings (SSSR count). The van der Waals surface area contributed by atoms with Crippen molar-refractivity contribution in [1.82, 2.24) is 0 Å². The number of amides is 2. The Morgan fingerprint density at radius 1 is 1.03 bits per heavy atom. The van der Waals surface area contributed by atoms with Gasteiger partial charge >= 0.3 is 0 Å². The minimum Gasteiger partial charge on any atom is -0.322 e. The van der Waals surface area contributed by atoms with Crippen molar-refractivity contribution in [3.8, 4) is 17.2 Å². The van der Waals surface area contributed by atoms with Crippen LogP contribution in [0, 0.1) is 18.3 Å². The summed E-state index contributed by atoms with van der Waals surface area (Å²) in [6.45, 7) is 3.97. The molecule has 0 spiro atoms. The van der Waals surface area contributed by atoms with Crippen molar-refractivity contribution < 1.29 is 9.59 Å². The van der Waals surface area contributed by atoms with E-state index < -0.39 is 0 Å². The van der Waals surface area contributed by atoms with Gasteiger partial charge in [0.2, 0.25) is 11.8 Å². The summed E-state index contributed by atoms with van der Waals surface area (Å²) in [5, 5.41) is 17.8.